The van der Waals surface area contributed by atoms with Crippen molar-refractivity contribution in [1.29, 1.82) is 0 Å². The van der Waals surface area contributed by atoms with Crippen LogP contribution in [0.2, 0.25) is 0 Å². The van der Waals surface area contributed by atoms with E-state index in [0.29, 0.717) is 6.54 Å². The molecule has 0 bridgehead atoms. The summed E-state index contributed by atoms with van der Waals surface area (Å²) in [5.74, 6) is 1.13. The summed E-state index contributed by atoms with van der Waals surface area (Å²) < 4.78 is 0. The van der Waals surface area contributed by atoms with E-state index in [-0.39, 0.29) is 17.9 Å². The van der Waals surface area contributed by atoms with E-state index < -0.39 is 0 Å². The summed E-state index contributed by atoms with van der Waals surface area (Å²) in [5, 5.41) is 7.87. The Bertz CT molecular complexity index is 569. The van der Waals surface area contributed by atoms with Gasteiger partial charge in [-0.3, -0.25) is 9.79 Å². The molecule has 1 aliphatic heterocycles. The third-order valence-electron chi connectivity index (χ3n) is 3.94. The summed E-state index contributed by atoms with van der Waals surface area (Å²) in [6.45, 7) is 11.2. The van der Waals surface area contributed by atoms with Crippen LogP contribution in [0.1, 0.15) is 37.1 Å². The van der Waals surface area contributed by atoms with E-state index in [4.69, 9.17) is 0 Å². The Balaban J connectivity index is 1.84. The number of carbonyl (C=O) groups excluding carboxylic acids is 1. The lowest BCUT2D eigenvalue weighted by atomic mass is 10.2. The third-order valence-corrected chi connectivity index (χ3v) is 4.92. The fraction of sp³-hybridized carbons (Fsp3) is 0.706. The van der Waals surface area contributed by atoms with Gasteiger partial charge in [-0.05, 0) is 20.3 Å². The molecule has 24 heavy (non-hydrogen) atoms. The number of nitrogens with one attached hydrogen (secondary N) is 2. The Morgan fingerprint density at radius 1 is 1.54 bits per heavy atom. The Kier molecular flexibility index (Phi) is 7.02. The van der Waals surface area contributed by atoms with Gasteiger partial charge in [-0.25, -0.2) is 4.98 Å². The molecule has 1 saturated heterocycles. The zero-order chi connectivity index (χ0) is 17.5. The second-order valence-corrected chi connectivity index (χ2v) is 7.76. The highest BCUT2D eigenvalue weighted by atomic mass is 32.1. The topological polar surface area (TPSA) is 69.6 Å². The van der Waals surface area contributed by atoms with Crippen molar-refractivity contribution in [2.24, 2.45) is 10.9 Å². The van der Waals surface area contributed by atoms with E-state index in [1.54, 1.807) is 11.3 Å². The molecule has 2 heterocycles. The van der Waals surface area contributed by atoms with E-state index in [0.717, 1.165) is 43.4 Å². The number of amides is 1. The van der Waals surface area contributed by atoms with Crippen LogP contribution in [0, 0.1) is 12.8 Å². The lowest BCUT2D eigenvalue weighted by molar-refractivity contribution is -0.133. The number of carbonyl (C=O) groups is 1. The molecule has 0 aliphatic carbocycles. The minimum absolute atomic E-state index is 0.0624. The highest BCUT2D eigenvalue weighted by Gasteiger charge is 2.27. The van der Waals surface area contributed by atoms with Crippen molar-refractivity contribution >= 4 is 23.2 Å². The van der Waals surface area contributed by atoms with Crippen molar-refractivity contribution < 1.29 is 4.79 Å². The lowest BCUT2D eigenvalue weighted by Gasteiger charge is -2.20. The number of rotatable bonds is 6. The maximum absolute atomic E-state index is 12.1. The van der Waals surface area contributed by atoms with Crippen LogP contribution in [0.3, 0.4) is 0 Å². The van der Waals surface area contributed by atoms with Gasteiger partial charge >= 0.3 is 0 Å². The minimum Gasteiger partial charge on any atom is -0.357 e. The normalized spacial score (nSPS) is 18.3. The van der Waals surface area contributed by atoms with Crippen LogP contribution in [0.5, 0.6) is 0 Å². The van der Waals surface area contributed by atoms with Crippen molar-refractivity contribution in [2.45, 2.75) is 46.6 Å². The minimum atomic E-state index is 0.0624. The van der Waals surface area contributed by atoms with E-state index in [9.17, 15) is 4.79 Å². The van der Waals surface area contributed by atoms with Crippen molar-refractivity contribution in [3.8, 4) is 0 Å². The van der Waals surface area contributed by atoms with Crippen LogP contribution in [0.15, 0.2) is 11.2 Å². The van der Waals surface area contributed by atoms with Gasteiger partial charge in [0.05, 0.1) is 5.01 Å². The second-order valence-electron chi connectivity index (χ2n) is 6.44. The predicted molar refractivity (Wildman–Crippen MR) is 99.5 cm³/mol. The number of aryl methyl sites for hydroxylation is 1. The fourth-order valence-electron chi connectivity index (χ4n) is 2.74. The third kappa shape index (κ3) is 5.47. The molecule has 0 radical (unpaired) electrons. The molecule has 0 spiro atoms. The maximum atomic E-state index is 12.1. The zero-order valence-electron chi connectivity index (χ0n) is 15.1. The number of thiazole rings is 1. The molecule has 6 nitrogen and oxygen atoms in total. The number of hydrogen-bond acceptors (Lipinski definition) is 4. The molecular weight excluding hydrogens is 322 g/mol. The van der Waals surface area contributed by atoms with Crippen molar-refractivity contribution in [2.75, 3.05) is 26.2 Å². The van der Waals surface area contributed by atoms with Crippen LogP contribution < -0.4 is 10.6 Å². The fourth-order valence-corrected chi connectivity index (χ4v) is 3.51. The van der Waals surface area contributed by atoms with Gasteiger partial charge in [-0.2, -0.15) is 0 Å². The number of guanidine groups is 1. The summed E-state index contributed by atoms with van der Waals surface area (Å²) in [6, 6.07) is 0.271. The van der Waals surface area contributed by atoms with Crippen LogP contribution in [-0.2, 0) is 11.2 Å². The maximum Gasteiger partial charge on any atom is 0.225 e. The summed E-state index contributed by atoms with van der Waals surface area (Å²) >= 11 is 1.73. The van der Waals surface area contributed by atoms with Crippen molar-refractivity contribution in [3.05, 3.63) is 16.1 Å². The molecule has 0 saturated carbocycles. The first kappa shape index (κ1) is 18.7. The average molecular weight is 352 g/mol. The Morgan fingerprint density at radius 3 is 2.96 bits per heavy atom. The molecule has 134 valence electrons. The highest BCUT2D eigenvalue weighted by Crippen LogP contribution is 2.13. The van der Waals surface area contributed by atoms with E-state index in [1.807, 2.05) is 24.9 Å². The first-order chi connectivity index (χ1) is 11.5. The molecule has 1 aromatic heterocycles. The van der Waals surface area contributed by atoms with Crippen LogP contribution in [0.4, 0.5) is 0 Å². The first-order valence-corrected chi connectivity index (χ1v) is 9.56. The standard InChI is InChI=1S/C17H29N5OS/c1-5-18-17(19-8-6-15-20-10-13(4)24-15)21-14-7-9-22(11-14)16(23)12(2)3/h10,12,14H,5-9,11H2,1-4H3,(H2,18,19,21). The summed E-state index contributed by atoms with van der Waals surface area (Å²) in [6.07, 6.45) is 3.73. The molecule has 1 amide bonds. The Morgan fingerprint density at radius 2 is 2.33 bits per heavy atom. The molecule has 1 aliphatic rings. The van der Waals surface area contributed by atoms with Gasteiger partial charge in [0.2, 0.25) is 5.91 Å². The molecule has 7 heteroatoms. The Hall–Kier alpha value is -1.63. The molecule has 2 N–H and O–H groups in total. The van der Waals surface area contributed by atoms with Crippen molar-refractivity contribution in [3.63, 3.8) is 0 Å². The van der Waals surface area contributed by atoms with Crippen LogP contribution in [0.25, 0.3) is 0 Å². The monoisotopic (exact) mass is 351 g/mol. The second kappa shape index (κ2) is 9.01. The Labute approximate surface area is 148 Å². The van der Waals surface area contributed by atoms with Gasteiger partial charge in [-0.15, -0.1) is 11.3 Å². The molecular formula is C17H29N5OS. The van der Waals surface area contributed by atoms with Crippen LogP contribution in [-0.4, -0.2) is 54.0 Å². The lowest BCUT2D eigenvalue weighted by Crippen LogP contribution is -2.45. The average Bonchev–Trinajstić information content (AvgIpc) is 3.16. The molecule has 0 aromatic carbocycles. The van der Waals surface area contributed by atoms with Gasteiger partial charge in [0.1, 0.15) is 0 Å². The smallest absolute Gasteiger partial charge is 0.225 e. The van der Waals surface area contributed by atoms with Crippen LogP contribution >= 0.6 is 11.3 Å². The van der Waals surface area contributed by atoms with Gasteiger partial charge in [-0.1, -0.05) is 13.8 Å². The number of aliphatic imine (C=N–C) groups is 1. The summed E-state index contributed by atoms with van der Waals surface area (Å²) in [5.41, 5.74) is 0. The predicted octanol–water partition coefficient (Wildman–Crippen LogP) is 1.81. The van der Waals surface area contributed by atoms with E-state index in [1.165, 1.54) is 4.88 Å². The quantitative estimate of drug-likeness (QED) is 0.606. The summed E-state index contributed by atoms with van der Waals surface area (Å²) in [7, 11) is 0. The van der Waals surface area contributed by atoms with E-state index >= 15 is 0 Å². The summed E-state index contributed by atoms with van der Waals surface area (Å²) in [4.78, 5) is 24.3. The number of nitrogens with zero attached hydrogens (tertiary/aromatic N) is 3. The number of likely N-dealkylation sites (tertiary alicyclic amines) is 1. The van der Waals surface area contributed by atoms with Gasteiger partial charge < -0.3 is 15.5 Å². The largest absolute Gasteiger partial charge is 0.357 e. The van der Waals surface area contributed by atoms with Gasteiger partial charge in [0.25, 0.3) is 0 Å². The van der Waals surface area contributed by atoms with Crippen molar-refractivity contribution in [1.82, 2.24) is 20.5 Å². The van der Waals surface area contributed by atoms with Gasteiger partial charge in [0.15, 0.2) is 5.96 Å². The number of hydrogen-bond donors (Lipinski definition) is 2. The molecule has 2 rings (SSSR count). The first-order valence-electron chi connectivity index (χ1n) is 8.74. The number of aromatic nitrogens is 1. The van der Waals surface area contributed by atoms with E-state index in [2.05, 4.69) is 34.5 Å². The molecule has 1 aromatic rings. The zero-order valence-corrected chi connectivity index (χ0v) is 15.9. The SMILES string of the molecule is CCNC(=NCCc1ncc(C)s1)NC1CCN(C(=O)C(C)C)C1. The highest BCUT2D eigenvalue weighted by molar-refractivity contribution is 7.11. The van der Waals surface area contributed by atoms with Gasteiger partial charge in [0, 0.05) is 55.6 Å². The molecule has 1 atom stereocenters. The molecule has 1 fully saturated rings. The molecule has 1 unspecified atom stereocenters.